The Labute approximate surface area is 152 Å². The van der Waals surface area contributed by atoms with Crippen molar-refractivity contribution in [1.82, 2.24) is 9.38 Å². The molecule has 0 amide bonds. The maximum Gasteiger partial charge on any atom is 0.161 e. The van der Waals surface area contributed by atoms with Crippen molar-refractivity contribution in [3.8, 4) is 22.8 Å². The van der Waals surface area contributed by atoms with Crippen LogP contribution in [0.5, 0.6) is 11.5 Å². The Morgan fingerprint density at radius 1 is 0.923 bits per heavy atom. The molecule has 4 nitrogen and oxygen atoms in total. The van der Waals surface area contributed by atoms with E-state index in [1.54, 1.807) is 7.11 Å². The summed E-state index contributed by atoms with van der Waals surface area (Å²) < 4.78 is 13.5. The Balaban J connectivity index is 1.61. The molecule has 0 spiro atoms. The van der Waals surface area contributed by atoms with E-state index in [1.165, 1.54) is 5.56 Å². The van der Waals surface area contributed by atoms with E-state index < -0.39 is 0 Å². The first kappa shape index (κ1) is 16.2. The van der Waals surface area contributed by atoms with E-state index in [0.29, 0.717) is 12.4 Å². The van der Waals surface area contributed by atoms with E-state index in [0.717, 1.165) is 28.2 Å². The van der Waals surface area contributed by atoms with E-state index >= 15 is 0 Å². The third-order valence-corrected chi connectivity index (χ3v) is 4.30. The molecule has 0 bridgehead atoms. The second-order valence-corrected chi connectivity index (χ2v) is 6.24. The minimum absolute atomic E-state index is 0.504. The fourth-order valence-electron chi connectivity index (χ4n) is 2.92. The summed E-state index contributed by atoms with van der Waals surface area (Å²) in [5.41, 5.74) is 5.14. The van der Waals surface area contributed by atoms with Gasteiger partial charge in [0.2, 0.25) is 0 Å². The third kappa shape index (κ3) is 3.26. The molecule has 0 atom stereocenters. The van der Waals surface area contributed by atoms with Crippen LogP contribution in [0.15, 0.2) is 73.1 Å². The van der Waals surface area contributed by atoms with Gasteiger partial charge >= 0.3 is 0 Å². The van der Waals surface area contributed by atoms with Gasteiger partial charge < -0.3 is 13.9 Å². The van der Waals surface area contributed by atoms with Gasteiger partial charge in [-0.15, -0.1) is 0 Å². The van der Waals surface area contributed by atoms with Crippen LogP contribution < -0.4 is 9.47 Å². The van der Waals surface area contributed by atoms with Crippen LogP contribution in [-0.2, 0) is 6.61 Å². The van der Waals surface area contributed by atoms with Crippen molar-refractivity contribution in [3.05, 3.63) is 84.2 Å². The molecule has 0 saturated carbocycles. The molecule has 0 fully saturated rings. The number of pyridine rings is 1. The first-order chi connectivity index (χ1) is 12.7. The van der Waals surface area contributed by atoms with Gasteiger partial charge in [0.05, 0.1) is 12.8 Å². The number of fused-ring (bicyclic) bond motifs is 1. The number of hydrogen-bond donors (Lipinski definition) is 0. The van der Waals surface area contributed by atoms with Crippen LogP contribution in [0, 0.1) is 6.92 Å². The summed E-state index contributed by atoms with van der Waals surface area (Å²) in [6.45, 7) is 2.57. The Kier molecular flexibility index (Phi) is 4.32. The van der Waals surface area contributed by atoms with Crippen LogP contribution in [0.2, 0.25) is 0 Å². The molecular weight excluding hydrogens is 324 g/mol. The molecule has 2 heterocycles. The van der Waals surface area contributed by atoms with Crippen molar-refractivity contribution in [2.45, 2.75) is 13.5 Å². The Morgan fingerprint density at radius 3 is 2.58 bits per heavy atom. The van der Waals surface area contributed by atoms with Gasteiger partial charge in [0.25, 0.3) is 0 Å². The largest absolute Gasteiger partial charge is 0.493 e. The van der Waals surface area contributed by atoms with E-state index in [-0.39, 0.29) is 0 Å². The Hall–Kier alpha value is -3.27. The normalized spacial score (nSPS) is 10.8. The average Bonchev–Trinajstić information content (AvgIpc) is 3.10. The number of hydrogen-bond acceptors (Lipinski definition) is 3. The van der Waals surface area contributed by atoms with Crippen LogP contribution in [0.25, 0.3) is 16.9 Å². The lowest BCUT2D eigenvalue weighted by Gasteiger charge is -2.11. The van der Waals surface area contributed by atoms with E-state index in [9.17, 15) is 0 Å². The van der Waals surface area contributed by atoms with Crippen LogP contribution in [-0.4, -0.2) is 16.5 Å². The highest BCUT2D eigenvalue weighted by Crippen LogP contribution is 2.33. The predicted octanol–water partition coefficient (Wildman–Crippen LogP) is 4.90. The van der Waals surface area contributed by atoms with Crippen molar-refractivity contribution in [2.75, 3.05) is 7.11 Å². The molecule has 26 heavy (non-hydrogen) atoms. The monoisotopic (exact) mass is 344 g/mol. The number of imidazole rings is 1. The fourth-order valence-corrected chi connectivity index (χ4v) is 2.92. The molecule has 0 unspecified atom stereocenters. The highest BCUT2D eigenvalue weighted by Gasteiger charge is 2.10. The zero-order valence-corrected chi connectivity index (χ0v) is 14.8. The summed E-state index contributed by atoms with van der Waals surface area (Å²) in [4.78, 5) is 4.69. The lowest BCUT2D eigenvalue weighted by molar-refractivity contribution is 0.284. The Bertz CT molecular complexity index is 1040. The number of rotatable bonds is 5. The number of nitrogens with zero attached hydrogens (tertiary/aromatic N) is 2. The van der Waals surface area contributed by atoms with E-state index in [1.807, 2.05) is 65.2 Å². The summed E-state index contributed by atoms with van der Waals surface area (Å²) in [5.74, 6) is 1.42. The van der Waals surface area contributed by atoms with Gasteiger partial charge in [-0.25, -0.2) is 4.98 Å². The molecule has 0 aliphatic rings. The van der Waals surface area contributed by atoms with Gasteiger partial charge in [-0.2, -0.15) is 0 Å². The number of methoxy groups -OCH3 is 1. The summed E-state index contributed by atoms with van der Waals surface area (Å²) >= 11 is 0. The van der Waals surface area contributed by atoms with Gasteiger partial charge in [0, 0.05) is 18.0 Å². The zero-order chi connectivity index (χ0) is 17.9. The van der Waals surface area contributed by atoms with Crippen LogP contribution in [0.3, 0.4) is 0 Å². The summed E-state index contributed by atoms with van der Waals surface area (Å²) in [5, 5.41) is 0. The van der Waals surface area contributed by atoms with Gasteiger partial charge in [-0.1, -0.05) is 36.4 Å². The summed E-state index contributed by atoms with van der Waals surface area (Å²) in [6.07, 6.45) is 4.10. The minimum atomic E-state index is 0.504. The Morgan fingerprint density at radius 2 is 1.77 bits per heavy atom. The van der Waals surface area contributed by atoms with Crippen LogP contribution in [0.1, 0.15) is 11.1 Å². The van der Waals surface area contributed by atoms with Gasteiger partial charge in [-0.05, 0) is 42.3 Å². The summed E-state index contributed by atoms with van der Waals surface area (Å²) in [7, 11) is 1.65. The molecule has 4 rings (SSSR count). The molecule has 4 heteroatoms. The fraction of sp³-hybridized carbons (Fsp3) is 0.136. The van der Waals surface area contributed by atoms with Gasteiger partial charge in [-0.3, -0.25) is 0 Å². The van der Waals surface area contributed by atoms with Crippen LogP contribution >= 0.6 is 0 Å². The lowest BCUT2D eigenvalue weighted by Crippen LogP contribution is -1.97. The average molecular weight is 344 g/mol. The SMILES string of the molecule is COc1cc(-c2cn3cc(C)ccc3n2)ccc1OCc1ccccc1. The second kappa shape index (κ2) is 6.92. The quantitative estimate of drug-likeness (QED) is 0.517. The molecule has 0 N–H and O–H groups in total. The highest BCUT2D eigenvalue weighted by atomic mass is 16.5. The minimum Gasteiger partial charge on any atom is -0.493 e. The molecule has 2 aromatic carbocycles. The standard InChI is InChI=1S/C22H20N2O2/c1-16-8-11-22-23-19(14-24(22)13-16)18-9-10-20(21(12-18)25-2)26-15-17-6-4-3-5-7-17/h3-14H,15H2,1-2H3. The predicted molar refractivity (Wildman–Crippen MR) is 103 cm³/mol. The van der Waals surface area contributed by atoms with E-state index in [4.69, 9.17) is 9.47 Å². The van der Waals surface area contributed by atoms with Crippen molar-refractivity contribution in [1.29, 1.82) is 0 Å². The third-order valence-electron chi connectivity index (χ3n) is 4.30. The highest BCUT2D eigenvalue weighted by molar-refractivity contribution is 5.66. The van der Waals surface area contributed by atoms with Crippen molar-refractivity contribution in [3.63, 3.8) is 0 Å². The van der Waals surface area contributed by atoms with Crippen molar-refractivity contribution < 1.29 is 9.47 Å². The molecule has 0 saturated heterocycles. The topological polar surface area (TPSA) is 35.8 Å². The molecule has 130 valence electrons. The molecule has 0 aliphatic carbocycles. The number of ether oxygens (including phenoxy) is 2. The lowest BCUT2D eigenvalue weighted by atomic mass is 10.1. The first-order valence-corrected chi connectivity index (χ1v) is 8.53. The smallest absolute Gasteiger partial charge is 0.161 e. The van der Waals surface area contributed by atoms with Crippen molar-refractivity contribution >= 4 is 5.65 Å². The van der Waals surface area contributed by atoms with E-state index in [2.05, 4.69) is 24.2 Å². The molecule has 2 aromatic heterocycles. The summed E-state index contributed by atoms with van der Waals surface area (Å²) in [6, 6.07) is 20.1. The number of benzene rings is 2. The molecule has 0 aliphatic heterocycles. The first-order valence-electron chi connectivity index (χ1n) is 8.53. The second-order valence-electron chi connectivity index (χ2n) is 6.24. The molecule has 0 radical (unpaired) electrons. The maximum absolute atomic E-state index is 5.93. The van der Waals surface area contributed by atoms with Crippen molar-refractivity contribution in [2.24, 2.45) is 0 Å². The van der Waals surface area contributed by atoms with Gasteiger partial charge in [0.15, 0.2) is 11.5 Å². The van der Waals surface area contributed by atoms with Crippen LogP contribution in [0.4, 0.5) is 0 Å². The number of aryl methyl sites for hydroxylation is 1. The maximum atomic E-state index is 5.93. The zero-order valence-electron chi connectivity index (χ0n) is 14.8. The number of aromatic nitrogens is 2. The molecule has 4 aromatic rings. The molecular formula is C22H20N2O2. The van der Waals surface area contributed by atoms with Gasteiger partial charge in [0.1, 0.15) is 12.3 Å².